The van der Waals surface area contributed by atoms with E-state index >= 15 is 0 Å². The predicted molar refractivity (Wildman–Crippen MR) is 125 cm³/mol. The van der Waals surface area contributed by atoms with E-state index in [1.165, 1.54) is 11.0 Å². The monoisotopic (exact) mass is 485 g/mol. The molecule has 0 fully saturated rings. The van der Waals surface area contributed by atoms with Gasteiger partial charge in [0.25, 0.3) is 0 Å². The van der Waals surface area contributed by atoms with E-state index in [2.05, 4.69) is 0 Å². The van der Waals surface area contributed by atoms with Gasteiger partial charge in [-0.2, -0.15) is 13.2 Å². The molecule has 3 aromatic carbocycles. The standard InChI is InChI=1S/C27H26F3NO4/c1-3-31(26(33)35-17-20-10-6-4-7-11-20)16-23-22(21-12-8-5-9-13-21)14-15-25(27(28,29)30)24(23)18-34-19(2)32/h4-15H,3,16-18H2,1-2H3. The van der Waals surface area contributed by atoms with Crippen molar-refractivity contribution in [3.63, 3.8) is 0 Å². The molecule has 3 rings (SSSR count). The Hall–Kier alpha value is -3.81. The molecule has 8 heteroatoms. The Morgan fingerprint density at radius 3 is 2.03 bits per heavy atom. The van der Waals surface area contributed by atoms with Gasteiger partial charge in [-0.1, -0.05) is 66.7 Å². The van der Waals surface area contributed by atoms with Crippen molar-refractivity contribution in [2.75, 3.05) is 6.54 Å². The number of hydrogen-bond donors (Lipinski definition) is 0. The lowest BCUT2D eigenvalue weighted by Crippen LogP contribution is -2.32. The zero-order chi connectivity index (χ0) is 25.4. The first kappa shape index (κ1) is 25.8. The van der Waals surface area contributed by atoms with E-state index in [4.69, 9.17) is 9.47 Å². The fraction of sp³-hybridized carbons (Fsp3) is 0.259. The summed E-state index contributed by atoms with van der Waals surface area (Å²) in [6.45, 7) is 2.35. The van der Waals surface area contributed by atoms with Crippen molar-refractivity contribution in [3.05, 3.63) is 95.1 Å². The third kappa shape index (κ3) is 6.85. The Labute approximate surface area is 202 Å². The van der Waals surface area contributed by atoms with Crippen LogP contribution in [0.3, 0.4) is 0 Å². The highest BCUT2D eigenvalue weighted by Gasteiger charge is 2.36. The maximum atomic E-state index is 13.9. The summed E-state index contributed by atoms with van der Waals surface area (Å²) in [7, 11) is 0. The zero-order valence-electron chi connectivity index (χ0n) is 19.5. The minimum absolute atomic E-state index is 0.0324. The number of alkyl halides is 3. The molecule has 184 valence electrons. The Bertz CT molecular complexity index is 1150. The Kier molecular flexibility index (Phi) is 8.52. The number of halogens is 3. The molecule has 0 aliphatic rings. The number of ether oxygens (including phenoxy) is 2. The molecule has 3 aromatic rings. The first-order valence-electron chi connectivity index (χ1n) is 11.1. The van der Waals surface area contributed by atoms with E-state index in [9.17, 15) is 22.8 Å². The quantitative estimate of drug-likeness (QED) is 0.338. The molecule has 5 nitrogen and oxygen atoms in total. The van der Waals surface area contributed by atoms with Crippen molar-refractivity contribution < 1.29 is 32.2 Å². The summed E-state index contributed by atoms with van der Waals surface area (Å²) >= 11 is 0. The van der Waals surface area contributed by atoms with E-state index in [-0.39, 0.29) is 30.8 Å². The van der Waals surface area contributed by atoms with Crippen LogP contribution in [0.4, 0.5) is 18.0 Å². The van der Waals surface area contributed by atoms with Gasteiger partial charge in [-0.05, 0) is 35.2 Å². The minimum atomic E-state index is -4.68. The van der Waals surface area contributed by atoms with Gasteiger partial charge < -0.3 is 14.4 Å². The van der Waals surface area contributed by atoms with E-state index in [0.29, 0.717) is 11.1 Å². The van der Waals surface area contributed by atoms with Crippen LogP contribution < -0.4 is 0 Å². The minimum Gasteiger partial charge on any atom is -0.461 e. The third-order valence-corrected chi connectivity index (χ3v) is 5.44. The molecule has 0 atom stereocenters. The second kappa shape index (κ2) is 11.6. The lowest BCUT2D eigenvalue weighted by molar-refractivity contribution is -0.145. The maximum Gasteiger partial charge on any atom is 0.416 e. The van der Waals surface area contributed by atoms with Crippen molar-refractivity contribution in [1.82, 2.24) is 4.90 Å². The summed E-state index contributed by atoms with van der Waals surface area (Å²) in [5.74, 6) is -0.705. The van der Waals surface area contributed by atoms with Crippen LogP contribution in [0, 0.1) is 0 Å². The molecule has 35 heavy (non-hydrogen) atoms. The van der Waals surface area contributed by atoms with Crippen molar-refractivity contribution in [2.24, 2.45) is 0 Å². The van der Waals surface area contributed by atoms with Crippen LogP contribution in [0.2, 0.25) is 0 Å². The number of benzene rings is 3. The smallest absolute Gasteiger partial charge is 0.416 e. The molecule has 0 saturated heterocycles. The number of carbonyl (C=O) groups is 2. The second-order valence-corrected chi connectivity index (χ2v) is 7.82. The van der Waals surface area contributed by atoms with Gasteiger partial charge in [-0.15, -0.1) is 0 Å². The third-order valence-electron chi connectivity index (χ3n) is 5.44. The molecule has 0 aliphatic carbocycles. The lowest BCUT2D eigenvalue weighted by Gasteiger charge is -2.26. The Morgan fingerprint density at radius 2 is 1.46 bits per heavy atom. The number of nitrogens with zero attached hydrogens (tertiary/aromatic N) is 1. The van der Waals surface area contributed by atoms with Crippen molar-refractivity contribution in [2.45, 2.75) is 39.8 Å². The van der Waals surface area contributed by atoms with Gasteiger partial charge in [0.15, 0.2) is 0 Å². The summed E-state index contributed by atoms with van der Waals surface area (Å²) in [4.78, 5) is 25.6. The molecule has 0 saturated carbocycles. The van der Waals surface area contributed by atoms with Crippen LogP contribution in [0.5, 0.6) is 0 Å². The molecule has 1 amide bonds. The fourth-order valence-corrected chi connectivity index (χ4v) is 3.67. The maximum absolute atomic E-state index is 13.9. The first-order valence-corrected chi connectivity index (χ1v) is 11.1. The lowest BCUT2D eigenvalue weighted by atomic mass is 9.91. The molecule has 0 unspecified atom stereocenters. The fourth-order valence-electron chi connectivity index (χ4n) is 3.67. The molecule has 0 aromatic heterocycles. The normalized spacial score (nSPS) is 11.1. The van der Waals surface area contributed by atoms with Gasteiger partial charge in [0, 0.05) is 25.6 Å². The van der Waals surface area contributed by atoms with Gasteiger partial charge >= 0.3 is 18.2 Å². The van der Waals surface area contributed by atoms with Crippen molar-refractivity contribution in [1.29, 1.82) is 0 Å². The Morgan fingerprint density at radius 1 is 0.829 bits per heavy atom. The average Bonchev–Trinajstić information content (AvgIpc) is 2.84. The largest absolute Gasteiger partial charge is 0.461 e. The van der Waals surface area contributed by atoms with Gasteiger partial charge in [-0.3, -0.25) is 4.79 Å². The Balaban J connectivity index is 2.03. The highest BCUT2D eigenvalue weighted by Crippen LogP contribution is 2.38. The highest BCUT2D eigenvalue weighted by atomic mass is 19.4. The molecule has 0 bridgehead atoms. The molecule has 0 spiro atoms. The molecule has 0 heterocycles. The molecule has 0 N–H and O–H groups in total. The zero-order valence-corrected chi connectivity index (χ0v) is 19.5. The number of amides is 1. The number of rotatable bonds is 8. The van der Waals surface area contributed by atoms with Crippen LogP contribution >= 0.6 is 0 Å². The molecule has 0 radical (unpaired) electrons. The number of hydrogen-bond acceptors (Lipinski definition) is 4. The molecule has 0 aliphatic heterocycles. The predicted octanol–water partition coefficient (Wildman–Crippen LogP) is 6.59. The summed E-state index contributed by atoms with van der Waals surface area (Å²) in [6.07, 6.45) is -5.34. The van der Waals surface area contributed by atoms with Crippen LogP contribution in [0.15, 0.2) is 72.8 Å². The topological polar surface area (TPSA) is 55.8 Å². The summed E-state index contributed by atoms with van der Waals surface area (Å²) in [5, 5.41) is 0. The van der Waals surface area contributed by atoms with E-state index in [1.807, 2.05) is 18.2 Å². The van der Waals surface area contributed by atoms with Crippen LogP contribution in [0.1, 0.15) is 36.1 Å². The first-order chi connectivity index (χ1) is 16.7. The number of carbonyl (C=O) groups excluding carboxylic acids is 2. The average molecular weight is 486 g/mol. The summed E-state index contributed by atoms with van der Waals surface area (Å²) in [5.41, 5.74) is 1.11. The van der Waals surface area contributed by atoms with Gasteiger partial charge in [0.1, 0.15) is 13.2 Å². The van der Waals surface area contributed by atoms with Crippen LogP contribution in [0.25, 0.3) is 11.1 Å². The number of esters is 1. The van der Waals surface area contributed by atoms with Gasteiger partial charge in [0.05, 0.1) is 5.56 Å². The van der Waals surface area contributed by atoms with Gasteiger partial charge in [0.2, 0.25) is 0 Å². The van der Waals surface area contributed by atoms with Crippen LogP contribution in [-0.2, 0) is 40.2 Å². The van der Waals surface area contributed by atoms with Gasteiger partial charge in [-0.25, -0.2) is 4.79 Å². The van der Waals surface area contributed by atoms with E-state index in [1.54, 1.807) is 49.4 Å². The van der Waals surface area contributed by atoms with Crippen LogP contribution in [-0.4, -0.2) is 23.5 Å². The highest BCUT2D eigenvalue weighted by molar-refractivity contribution is 5.73. The SMILES string of the molecule is CCN(Cc1c(-c2ccccc2)ccc(C(F)(F)F)c1COC(C)=O)C(=O)OCc1ccccc1. The van der Waals surface area contributed by atoms with Crippen molar-refractivity contribution in [3.8, 4) is 11.1 Å². The van der Waals surface area contributed by atoms with Crippen molar-refractivity contribution >= 4 is 12.1 Å². The van der Waals surface area contributed by atoms with E-state index in [0.717, 1.165) is 18.6 Å². The molecular weight excluding hydrogens is 459 g/mol. The van der Waals surface area contributed by atoms with E-state index < -0.39 is 30.4 Å². The second-order valence-electron chi connectivity index (χ2n) is 7.82. The summed E-state index contributed by atoms with van der Waals surface area (Å²) in [6, 6.07) is 20.3. The molecular formula is C27H26F3NO4. The summed E-state index contributed by atoms with van der Waals surface area (Å²) < 4.78 is 52.2.